The first-order chi connectivity index (χ1) is 7.47. The summed E-state index contributed by atoms with van der Waals surface area (Å²) in [4.78, 5) is 34.3. The number of rotatable bonds is 8. The lowest BCUT2D eigenvalue weighted by Crippen LogP contribution is -2.00. The van der Waals surface area contributed by atoms with Crippen LogP contribution in [0.3, 0.4) is 0 Å². The van der Waals surface area contributed by atoms with E-state index in [4.69, 9.17) is 19.6 Å². The number of phosphoric acid groups is 2. The fourth-order valence-corrected chi connectivity index (χ4v) is 3.96. The Morgan fingerprint density at radius 2 is 1.53 bits per heavy atom. The number of ether oxygens (including phenoxy) is 1. The van der Waals surface area contributed by atoms with Gasteiger partial charge in [0.05, 0.1) is 0 Å². The summed E-state index contributed by atoms with van der Waals surface area (Å²) in [6.07, 6.45) is -0.355. The lowest BCUT2D eigenvalue weighted by molar-refractivity contribution is 0.153. The predicted molar refractivity (Wildman–Crippen MR) is 55.0 cm³/mol. The smallest absolute Gasteiger partial charge is 0.369 e. The highest BCUT2D eigenvalue weighted by Crippen LogP contribution is 2.65. The van der Waals surface area contributed by atoms with Gasteiger partial charge in [0.2, 0.25) is 0 Å². The van der Waals surface area contributed by atoms with Crippen molar-refractivity contribution in [1.29, 1.82) is 0 Å². The van der Waals surface area contributed by atoms with Gasteiger partial charge in [0.15, 0.2) is 0 Å². The lowest BCUT2D eigenvalue weighted by atomic mass is 10.5. The van der Waals surface area contributed by atoms with E-state index in [1.165, 1.54) is 0 Å². The molecule has 10 nitrogen and oxygen atoms in total. The third-order valence-corrected chi connectivity index (χ3v) is 5.07. The second-order valence-corrected chi connectivity index (χ2v) is 7.56. The van der Waals surface area contributed by atoms with Crippen molar-refractivity contribution in [2.75, 3.05) is 13.0 Å². The lowest BCUT2D eigenvalue weighted by Gasteiger charge is -2.16. The first-order valence-electron chi connectivity index (χ1n) is 4.18. The van der Waals surface area contributed by atoms with Gasteiger partial charge in [0.1, 0.15) is 6.35 Å². The average molecular weight is 314 g/mol. The minimum atomic E-state index is -5.34. The molecule has 2 unspecified atom stereocenters. The largest absolute Gasteiger partial charge is 0.488 e. The van der Waals surface area contributed by atoms with Gasteiger partial charge in [-0.05, 0) is 6.42 Å². The van der Waals surface area contributed by atoms with Crippen molar-refractivity contribution < 1.29 is 46.6 Å². The van der Waals surface area contributed by atoms with E-state index in [9.17, 15) is 13.7 Å². The Kier molecular flexibility index (Phi) is 6.70. The standard InChI is InChI=1S/C4H13O10P3/c1-2-3-12-4-15(5,6)13-17(10,11)14-16(7,8)9/h2-4H2,1H3,(H,5,6)(H,10,11)(H2,7,8,9). The van der Waals surface area contributed by atoms with Crippen molar-refractivity contribution in [2.24, 2.45) is 0 Å². The van der Waals surface area contributed by atoms with Gasteiger partial charge in [-0.15, -0.1) is 0 Å². The van der Waals surface area contributed by atoms with Crippen LogP contribution in [0.15, 0.2) is 0 Å². The Balaban J connectivity index is 4.44. The SMILES string of the molecule is CCCOCP(=O)(O)OP(=O)(O)OP(=O)(O)O. The fourth-order valence-electron chi connectivity index (χ4n) is 0.658. The van der Waals surface area contributed by atoms with Crippen molar-refractivity contribution in [2.45, 2.75) is 13.3 Å². The highest BCUT2D eigenvalue weighted by molar-refractivity contribution is 7.68. The Hall–Kier alpha value is 0.410. The molecule has 0 aliphatic carbocycles. The molecule has 0 aliphatic rings. The van der Waals surface area contributed by atoms with E-state index in [0.29, 0.717) is 6.42 Å². The van der Waals surface area contributed by atoms with Crippen LogP contribution in [-0.4, -0.2) is 32.5 Å². The van der Waals surface area contributed by atoms with Gasteiger partial charge < -0.3 is 24.3 Å². The molecule has 13 heteroatoms. The van der Waals surface area contributed by atoms with Crippen molar-refractivity contribution in [3.63, 3.8) is 0 Å². The summed E-state index contributed by atoms with van der Waals surface area (Å²) in [7, 11) is -15.3. The second-order valence-electron chi connectivity index (χ2n) is 2.80. The molecule has 0 aromatic heterocycles. The van der Waals surface area contributed by atoms with Crippen molar-refractivity contribution >= 4 is 23.2 Å². The number of hydrogen-bond donors (Lipinski definition) is 4. The minimum absolute atomic E-state index is 0.114. The highest BCUT2D eigenvalue weighted by Gasteiger charge is 2.39. The molecule has 0 fully saturated rings. The summed E-state index contributed by atoms with van der Waals surface area (Å²) in [5.74, 6) is 0. The molecule has 2 atom stereocenters. The summed E-state index contributed by atoms with van der Waals surface area (Å²) in [5.41, 5.74) is 0. The van der Waals surface area contributed by atoms with Gasteiger partial charge in [-0.2, -0.15) is 4.31 Å². The van der Waals surface area contributed by atoms with Crippen molar-refractivity contribution in [3.8, 4) is 0 Å². The van der Waals surface area contributed by atoms with Crippen molar-refractivity contribution in [3.05, 3.63) is 0 Å². The van der Waals surface area contributed by atoms with E-state index in [0.717, 1.165) is 0 Å². The van der Waals surface area contributed by atoms with Crippen molar-refractivity contribution in [1.82, 2.24) is 0 Å². The van der Waals surface area contributed by atoms with Gasteiger partial charge in [0, 0.05) is 6.61 Å². The topological polar surface area (TPSA) is 160 Å². The van der Waals surface area contributed by atoms with Crippen LogP contribution in [0.4, 0.5) is 0 Å². The maximum atomic E-state index is 11.1. The molecule has 0 amide bonds. The summed E-state index contributed by atoms with van der Waals surface area (Å²) in [6, 6.07) is 0. The third-order valence-electron chi connectivity index (χ3n) is 1.04. The van der Waals surface area contributed by atoms with Crippen LogP contribution in [-0.2, 0) is 27.1 Å². The summed E-state index contributed by atoms with van der Waals surface area (Å²) in [6.45, 7) is 1.83. The molecule has 0 saturated carbocycles. The molecule has 0 rings (SSSR count). The molecule has 0 aromatic carbocycles. The molecule has 0 heterocycles. The maximum Gasteiger partial charge on any atom is 0.488 e. The van der Waals surface area contributed by atoms with Gasteiger partial charge >= 0.3 is 23.2 Å². The molecule has 104 valence electrons. The van der Waals surface area contributed by atoms with Gasteiger partial charge in [0.25, 0.3) is 0 Å². The molecule has 0 spiro atoms. The molecule has 4 N–H and O–H groups in total. The highest BCUT2D eigenvalue weighted by atomic mass is 31.3. The molecule has 0 aromatic rings. The molecule has 0 bridgehead atoms. The molecular formula is C4H13O10P3. The fraction of sp³-hybridized carbons (Fsp3) is 1.00. The second kappa shape index (κ2) is 6.54. The predicted octanol–water partition coefficient (Wildman–Crippen LogP) is 0.782. The Bertz CT molecular complexity index is 372. The Morgan fingerprint density at radius 3 is 1.94 bits per heavy atom. The Morgan fingerprint density at radius 1 is 1.00 bits per heavy atom. The van der Waals surface area contributed by atoms with E-state index in [-0.39, 0.29) is 6.61 Å². The number of hydrogen-bond acceptors (Lipinski definition) is 6. The summed E-state index contributed by atoms with van der Waals surface area (Å²) < 4.78 is 44.0. The zero-order valence-electron chi connectivity index (χ0n) is 8.70. The first-order valence-corrected chi connectivity index (χ1v) is 8.97. The van der Waals surface area contributed by atoms with E-state index >= 15 is 0 Å². The van der Waals surface area contributed by atoms with Gasteiger partial charge in [-0.25, -0.2) is 13.4 Å². The van der Waals surface area contributed by atoms with E-state index in [1.807, 2.05) is 0 Å². The van der Waals surface area contributed by atoms with Crippen LogP contribution in [0.25, 0.3) is 0 Å². The molecule has 0 radical (unpaired) electrons. The average Bonchev–Trinajstić information content (AvgIpc) is 1.96. The minimum Gasteiger partial charge on any atom is -0.369 e. The van der Waals surface area contributed by atoms with Crippen LogP contribution in [0.1, 0.15) is 13.3 Å². The molecule has 17 heavy (non-hydrogen) atoms. The van der Waals surface area contributed by atoms with Crippen LogP contribution < -0.4 is 0 Å². The zero-order valence-corrected chi connectivity index (χ0v) is 11.4. The summed E-state index contributed by atoms with van der Waals surface area (Å²) in [5, 5.41) is 0. The van der Waals surface area contributed by atoms with E-state index in [2.05, 4.69) is 13.4 Å². The summed E-state index contributed by atoms with van der Waals surface area (Å²) >= 11 is 0. The van der Waals surface area contributed by atoms with Gasteiger partial charge in [-0.3, -0.25) is 4.57 Å². The zero-order chi connectivity index (χ0) is 13.7. The van der Waals surface area contributed by atoms with Crippen LogP contribution in [0.2, 0.25) is 0 Å². The Labute approximate surface area is 96.9 Å². The molecule has 0 aliphatic heterocycles. The van der Waals surface area contributed by atoms with E-state index < -0.39 is 29.6 Å². The quantitative estimate of drug-likeness (QED) is 0.372. The van der Waals surface area contributed by atoms with Crippen LogP contribution in [0.5, 0.6) is 0 Å². The third kappa shape index (κ3) is 10.1. The van der Waals surface area contributed by atoms with Crippen LogP contribution >= 0.6 is 23.2 Å². The van der Waals surface area contributed by atoms with Gasteiger partial charge in [-0.1, -0.05) is 6.92 Å². The van der Waals surface area contributed by atoms with E-state index in [1.54, 1.807) is 6.92 Å². The van der Waals surface area contributed by atoms with Crippen LogP contribution in [0, 0.1) is 0 Å². The molecule has 0 saturated heterocycles. The monoisotopic (exact) mass is 314 g/mol. The molecular weight excluding hydrogens is 301 g/mol. The normalized spacial score (nSPS) is 19.6. The first kappa shape index (κ1) is 17.4. The maximum absolute atomic E-state index is 11.1.